The van der Waals surface area contributed by atoms with Crippen LogP contribution in [0.15, 0.2) is 18.2 Å². The zero-order valence-electron chi connectivity index (χ0n) is 5.87. The Balaban J connectivity index is 3.20. The van der Waals surface area contributed by atoms with Gasteiger partial charge in [0.1, 0.15) is 0 Å². The van der Waals surface area contributed by atoms with Crippen LogP contribution in [0.3, 0.4) is 0 Å². The lowest BCUT2D eigenvalue weighted by molar-refractivity contribution is -0.385. The number of rotatable bonds is 1. The van der Waals surface area contributed by atoms with Gasteiger partial charge >= 0.3 is 0 Å². The van der Waals surface area contributed by atoms with Gasteiger partial charge in [0.25, 0.3) is 5.69 Å². The molecule has 0 saturated carbocycles. The quantitative estimate of drug-likeness (QED) is 0.482. The second-order valence-electron chi connectivity index (χ2n) is 2.19. The van der Waals surface area contributed by atoms with E-state index in [2.05, 4.69) is 0 Å². The Labute approximate surface area is 68.8 Å². The van der Waals surface area contributed by atoms with Gasteiger partial charge in [-0.05, 0) is 19.1 Å². The molecule has 0 fully saturated rings. The van der Waals surface area contributed by atoms with E-state index in [0.717, 1.165) is 0 Å². The first-order valence-electron chi connectivity index (χ1n) is 3.02. The van der Waals surface area contributed by atoms with Crippen molar-refractivity contribution in [1.82, 2.24) is 0 Å². The number of hydrogen-bond acceptors (Lipinski definition) is 2. The van der Waals surface area contributed by atoms with Gasteiger partial charge in [0.05, 0.1) is 4.92 Å². The second-order valence-corrected chi connectivity index (χ2v) is 2.62. The molecule has 0 unspecified atom stereocenters. The summed E-state index contributed by atoms with van der Waals surface area (Å²) in [7, 11) is 0. The molecule has 0 aliphatic carbocycles. The van der Waals surface area contributed by atoms with E-state index in [-0.39, 0.29) is 5.69 Å². The maximum Gasteiger partial charge on any atom is 0.272 e. The topological polar surface area (TPSA) is 43.1 Å². The summed E-state index contributed by atoms with van der Waals surface area (Å²) in [5.41, 5.74) is 0.692. The van der Waals surface area contributed by atoms with Crippen LogP contribution in [0.5, 0.6) is 0 Å². The summed E-state index contributed by atoms with van der Waals surface area (Å²) in [6.07, 6.45) is 0. The Morgan fingerprint density at radius 2 is 2.18 bits per heavy atom. The van der Waals surface area contributed by atoms with Gasteiger partial charge in [0.15, 0.2) is 0 Å². The minimum absolute atomic E-state index is 0.106. The van der Waals surface area contributed by atoms with Crippen LogP contribution in [-0.4, -0.2) is 4.92 Å². The van der Waals surface area contributed by atoms with E-state index in [1.807, 2.05) is 0 Å². The minimum atomic E-state index is -0.425. The molecule has 3 nitrogen and oxygen atoms in total. The second kappa shape index (κ2) is 2.88. The molecule has 1 aromatic rings. The highest BCUT2D eigenvalue weighted by Crippen LogP contribution is 2.20. The summed E-state index contributed by atoms with van der Waals surface area (Å²) in [6.45, 7) is 1.66. The molecule has 1 aromatic carbocycles. The van der Waals surface area contributed by atoms with E-state index < -0.39 is 4.92 Å². The molecule has 4 heteroatoms. The first-order chi connectivity index (χ1) is 5.11. The molecule has 0 spiro atoms. The predicted octanol–water partition coefficient (Wildman–Crippen LogP) is 2.56. The smallest absolute Gasteiger partial charge is 0.258 e. The average molecular weight is 172 g/mol. The number of nitro groups is 1. The summed E-state index contributed by atoms with van der Waals surface area (Å²) in [5.74, 6) is 0. The Morgan fingerprint density at radius 1 is 1.55 bits per heavy atom. The van der Waals surface area contributed by atoms with Crippen molar-refractivity contribution in [2.75, 3.05) is 0 Å². The van der Waals surface area contributed by atoms with Crippen LogP contribution < -0.4 is 0 Å². The van der Waals surface area contributed by atoms with Crippen LogP contribution in [0.4, 0.5) is 5.69 Å². The highest BCUT2D eigenvalue weighted by atomic mass is 35.5. The lowest BCUT2D eigenvalue weighted by Gasteiger charge is -1.95. The molecule has 11 heavy (non-hydrogen) atoms. The monoisotopic (exact) mass is 171 g/mol. The van der Waals surface area contributed by atoms with E-state index in [9.17, 15) is 10.1 Å². The molecule has 0 bridgehead atoms. The first-order valence-corrected chi connectivity index (χ1v) is 3.39. The number of nitro benzene ring substituents is 1. The largest absolute Gasteiger partial charge is 0.272 e. The van der Waals surface area contributed by atoms with Crippen LogP contribution in [0.2, 0.25) is 5.02 Å². The molecule has 0 atom stereocenters. The Morgan fingerprint density at radius 3 is 2.64 bits per heavy atom. The normalized spacial score (nSPS) is 9.64. The molecular weight excluding hydrogens is 166 g/mol. The fraction of sp³-hybridized carbons (Fsp3) is 0.143. The van der Waals surface area contributed by atoms with Crippen molar-refractivity contribution < 1.29 is 4.92 Å². The van der Waals surface area contributed by atoms with Gasteiger partial charge < -0.3 is 0 Å². The standard InChI is InChI=1S/C7H6ClNO2/c1-5-4-6(8)2-3-7(5)9(10)11/h2-4H,1H3. The van der Waals surface area contributed by atoms with Crippen molar-refractivity contribution in [3.8, 4) is 0 Å². The summed E-state index contributed by atoms with van der Waals surface area (Å²) in [5, 5.41) is 10.8. The number of benzene rings is 1. The third kappa shape index (κ3) is 1.68. The van der Waals surface area contributed by atoms with Crippen LogP contribution in [-0.2, 0) is 0 Å². The van der Waals surface area contributed by atoms with Gasteiger partial charge in [-0.2, -0.15) is 0 Å². The van der Waals surface area contributed by atoms with Crippen molar-refractivity contribution in [3.63, 3.8) is 0 Å². The van der Waals surface area contributed by atoms with Crippen molar-refractivity contribution >= 4 is 17.3 Å². The van der Waals surface area contributed by atoms with Crippen molar-refractivity contribution in [2.24, 2.45) is 0 Å². The first kappa shape index (κ1) is 8.01. The minimum Gasteiger partial charge on any atom is -0.258 e. The maximum absolute atomic E-state index is 10.3. The molecule has 0 radical (unpaired) electrons. The van der Waals surface area contributed by atoms with Gasteiger partial charge in [-0.25, -0.2) is 0 Å². The molecular formula is C7H6ClNO2. The molecule has 0 aromatic heterocycles. The van der Waals surface area contributed by atoms with Crippen LogP contribution >= 0.6 is 11.6 Å². The number of nitrogens with zero attached hydrogens (tertiary/aromatic N) is 1. The Hall–Kier alpha value is -1.09. The molecule has 0 N–H and O–H groups in total. The van der Waals surface area contributed by atoms with Crippen molar-refractivity contribution in [1.29, 1.82) is 0 Å². The van der Waals surface area contributed by atoms with E-state index in [4.69, 9.17) is 11.6 Å². The zero-order chi connectivity index (χ0) is 8.43. The van der Waals surface area contributed by atoms with Gasteiger partial charge in [0, 0.05) is 16.7 Å². The third-order valence-corrected chi connectivity index (χ3v) is 1.59. The summed E-state index contributed by atoms with van der Waals surface area (Å²) in [6, 6.07) is 4.48. The molecule has 0 aliphatic rings. The SMILES string of the molecule is Cc1cc(Cl)ccc1[N+](=O)[O-]. The molecule has 58 valence electrons. The highest BCUT2D eigenvalue weighted by molar-refractivity contribution is 6.30. The lowest BCUT2D eigenvalue weighted by Crippen LogP contribution is -1.90. The van der Waals surface area contributed by atoms with E-state index >= 15 is 0 Å². The van der Waals surface area contributed by atoms with Gasteiger partial charge in [-0.1, -0.05) is 11.6 Å². The molecule has 0 aliphatic heterocycles. The summed E-state index contributed by atoms with van der Waals surface area (Å²) < 4.78 is 0. The fourth-order valence-electron chi connectivity index (χ4n) is 0.824. The molecule has 0 saturated heterocycles. The zero-order valence-corrected chi connectivity index (χ0v) is 6.63. The maximum atomic E-state index is 10.3. The van der Waals surface area contributed by atoms with E-state index in [0.29, 0.717) is 10.6 Å². The summed E-state index contributed by atoms with van der Waals surface area (Å²) in [4.78, 5) is 9.87. The average Bonchev–Trinajstić information content (AvgIpc) is 1.85. The number of hydrogen-bond donors (Lipinski definition) is 0. The Kier molecular flexibility index (Phi) is 2.10. The lowest BCUT2D eigenvalue weighted by atomic mass is 10.2. The van der Waals surface area contributed by atoms with Crippen LogP contribution in [0.1, 0.15) is 5.56 Å². The molecule has 1 rings (SSSR count). The Bertz CT molecular complexity index is 298. The van der Waals surface area contributed by atoms with E-state index in [1.54, 1.807) is 13.0 Å². The fourth-order valence-corrected chi connectivity index (χ4v) is 1.05. The highest BCUT2D eigenvalue weighted by Gasteiger charge is 2.08. The van der Waals surface area contributed by atoms with Gasteiger partial charge in [0.2, 0.25) is 0 Å². The van der Waals surface area contributed by atoms with Crippen LogP contribution in [0, 0.1) is 17.0 Å². The van der Waals surface area contributed by atoms with Crippen molar-refractivity contribution in [2.45, 2.75) is 6.92 Å². The van der Waals surface area contributed by atoms with Crippen LogP contribution in [0.25, 0.3) is 0 Å². The number of halogens is 1. The molecule has 0 heterocycles. The number of aryl methyl sites for hydroxylation is 1. The van der Waals surface area contributed by atoms with E-state index in [1.165, 1.54) is 12.1 Å². The molecule has 0 amide bonds. The van der Waals surface area contributed by atoms with Gasteiger partial charge in [-0.15, -0.1) is 0 Å². The third-order valence-electron chi connectivity index (χ3n) is 1.36. The van der Waals surface area contributed by atoms with Crippen molar-refractivity contribution in [3.05, 3.63) is 38.9 Å². The summed E-state index contributed by atoms with van der Waals surface area (Å²) >= 11 is 5.60. The predicted molar refractivity (Wildman–Crippen MR) is 42.8 cm³/mol. The van der Waals surface area contributed by atoms with Gasteiger partial charge in [-0.3, -0.25) is 10.1 Å².